The van der Waals surface area contributed by atoms with Crippen LogP contribution in [0.2, 0.25) is 5.02 Å². The van der Waals surface area contributed by atoms with Crippen LogP contribution in [0.15, 0.2) is 77.8 Å². The largest absolute Gasteiger partial charge is 0.324 e. The third-order valence-electron chi connectivity index (χ3n) is 5.42. The number of rotatable bonds is 2. The van der Waals surface area contributed by atoms with Crippen LogP contribution in [0, 0.1) is 0 Å². The number of fused-ring (bicyclic) bond motifs is 4. The van der Waals surface area contributed by atoms with Crippen molar-refractivity contribution in [2.75, 3.05) is 5.32 Å². The molecule has 1 aliphatic heterocycles. The number of nitrogens with one attached hydrogen (secondary N) is 2. The predicted molar refractivity (Wildman–Crippen MR) is 121 cm³/mol. The summed E-state index contributed by atoms with van der Waals surface area (Å²) in [5.41, 5.74) is 5.05. The molecule has 2 N–H and O–H groups in total. The van der Waals surface area contributed by atoms with Gasteiger partial charge in [-0.15, -0.1) is 0 Å². The Morgan fingerprint density at radius 2 is 1.67 bits per heavy atom. The van der Waals surface area contributed by atoms with E-state index in [1.165, 1.54) is 0 Å². The summed E-state index contributed by atoms with van der Waals surface area (Å²) in [6, 6.07) is 24.1. The predicted octanol–water partition coefficient (Wildman–Crippen LogP) is 5.70. The fourth-order valence-corrected chi connectivity index (χ4v) is 4.16. The Labute approximate surface area is 177 Å². The molecule has 2 aromatic heterocycles. The van der Waals surface area contributed by atoms with Gasteiger partial charge in [0, 0.05) is 11.4 Å². The van der Waals surface area contributed by atoms with Crippen LogP contribution in [0.4, 0.5) is 11.9 Å². The third-order valence-corrected chi connectivity index (χ3v) is 5.67. The number of nitrogens with zero attached hydrogens (tertiary/aromatic N) is 4. The minimum absolute atomic E-state index is 0.0500. The molecule has 6 rings (SSSR count). The lowest BCUT2D eigenvalue weighted by atomic mass is 10.0. The summed E-state index contributed by atoms with van der Waals surface area (Å²) >= 11 is 6.13. The zero-order valence-corrected chi connectivity index (χ0v) is 16.6. The molecule has 3 heterocycles. The summed E-state index contributed by atoms with van der Waals surface area (Å²) in [5, 5.41) is 4.09. The average molecular weight is 413 g/mol. The molecular formula is C23H17ClN6. The van der Waals surface area contributed by atoms with E-state index in [0.29, 0.717) is 18.3 Å². The lowest BCUT2D eigenvalue weighted by Gasteiger charge is -2.26. The Morgan fingerprint density at radius 3 is 2.50 bits per heavy atom. The number of para-hydroxylation sites is 4. The summed E-state index contributed by atoms with van der Waals surface area (Å²) in [7, 11) is 0. The van der Waals surface area contributed by atoms with Crippen molar-refractivity contribution < 1.29 is 0 Å². The fourth-order valence-electron chi connectivity index (χ4n) is 4.04. The van der Waals surface area contributed by atoms with Gasteiger partial charge in [-0.2, -0.15) is 4.99 Å². The molecule has 0 saturated carbocycles. The van der Waals surface area contributed by atoms with E-state index in [2.05, 4.69) is 38.1 Å². The van der Waals surface area contributed by atoms with E-state index in [4.69, 9.17) is 21.6 Å². The summed E-state index contributed by atoms with van der Waals surface area (Å²) in [5.74, 6) is 2.17. The molecule has 7 heteroatoms. The number of benzene rings is 3. The maximum Gasteiger partial charge on any atom is 0.232 e. The van der Waals surface area contributed by atoms with Crippen molar-refractivity contribution >= 4 is 51.4 Å². The topological polar surface area (TPSA) is 70.9 Å². The highest BCUT2D eigenvalue weighted by Gasteiger charge is 2.27. The van der Waals surface area contributed by atoms with E-state index in [1.54, 1.807) is 0 Å². The quantitative estimate of drug-likeness (QED) is 0.390. The summed E-state index contributed by atoms with van der Waals surface area (Å²) in [6.07, 6.45) is 0.687. The molecular weight excluding hydrogens is 396 g/mol. The molecule has 1 aliphatic rings. The van der Waals surface area contributed by atoms with E-state index >= 15 is 0 Å². The number of aromatic nitrogens is 4. The van der Waals surface area contributed by atoms with Gasteiger partial charge in [-0.1, -0.05) is 48.0 Å². The number of hydrogen-bond acceptors (Lipinski definition) is 4. The van der Waals surface area contributed by atoms with Gasteiger partial charge in [0.05, 0.1) is 28.1 Å². The first kappa shape index (κ1) is 17.2. The molecule has 6 nitrogen and oxygen atoms in total. The zero-order chi connectivity index (χ0) is 20.1. The first-order valence-electron chi connectivity index (χ1n) is 9.76. The second-order valence-corrected chi connectivity index (χ2v) is 7.76. The molecule has 0 fully saturated rings. The van der Waals surface area contributed by atoms with Crippen molar-refractivity contribution in [3.05, 3.63) is 83.4 Å². The number of aliphatic imine (C=N–C) groups is 1. The van der Waals surface area contributed by atoms with Gasteiger partial charge in [-0.05, 0) is 42.0 Å². The van der Waals surface area contributed by atoms with Gasteiger partial charge in [-0.25, -0.2) is 9.97 Å². The van der Waals surface area contributed by atoms with E-state index in [9.17, 15) is 0 Å². The van der Waals surface area contributed by atoms with Crippen molar-refractivity contribution in [1.29, 1.82) is 0 Å². The fraction of sp³-hybridized carbons (Fsp3) is 0.0870. The Kier molecular flexibility index (Phi) is 3.86. The minimum atomic E-state index is 0.0500. The first-order valence-corrected chi connectivity index (χ1v) is 10.1. The lowest BCUT2D eigenvalue weighted by Crippen LogP contribution is -2.24. The van der Waals surface area contributed by atoms with Crippen LogP contribution in [0.1, 0.15) is 18.0 Å². The molecule has 1 unspecified atom stereocenters. The normalized spacial score (nSPS) is 15.9. The van der Waals surface area contributed by atoms with Gasteiger partial charge in [-0.3, -0.25) is 0 Å². The SMILES string of the molecule is Clc1ccc(C2CC(Nc3nc4ccccc4[nH]3)=Nc3nc4ccccc4n32)cc1. The number of hydrogen-bond donors (Lipinski definition) is 2. The second kappa shape index (κ2) is 6.71. The molecule has 0 spiro atoms. The van der Waals surface area contributed by atoms with Crippen LogP contribution in [0.25, 0.3) is 22.1 Å². The van der Waals surface area contributed by atoms with E-state index in [1.807, 2.05) is 54.6 Å². The number of amidine groups is 1. The molecule has 146 valence electrons. The van der Waals surface area contributed by atoms with Gasteiger partial charge in [0.1, 0.15) is 5.84 Å². The van der Waals surface area contributed by atoms with Crippen LogP contribution < -0.4 is 5.32 Å². The standard InChI is InChI=1S/C23H17ClN6/c24-15-11-9-14(10-12-15)20-13-21(28-22-25-16-5-1-2-6-17(16)26-22)29-23-27-18-7-3-4-8-19(18)30(20)23/h1-12,20H,13H2,(H2,25,26,27,28,29). The lowest BCUT2D eigenvalue weighted by molar-refractivity contribution is 0.611. The summed E-state index contributed by atoms with van der Waals surface area (Å²) < 4.78 is 2.20. The Morgan fingerprint density at radius 1 is 0.900 bits per heavy atom. The number of H-pyrrole nitrogens is 1. The highest BCUT2D eigenvalue weighted by atomic mass is 35.5. The molecule has 30 heavy (non-hydrogen) atoms. The molecule has 0 saturated heterocycles. The first-order chi connectivity index (χ1) is 14.7. The van der Waals surface area contributed by atoms with Crippen LogP contribution in [-0.4, -0.2) is 25.4 Å². The van der Waals surface area contributed by atoms with Crippen molar-refractivity contribution in [2.45, 2.75) is 12.5 Å². The Hall–Kier alpha value is -3.64. The van der Waals surface area contributed by atoms with Crippen molar-refractivity contribution in [3.8, 4) is 0 Å². The van der Waals surface area contributed by atoms with Gasteiger partial charge in [0.15, 0.2) is 0 Å². The Bertz CT molecular complexity index is 1380. The number of imidazole rings is 2. The van der Waals surface area contributed by atoms with Crippen molar-refractivity contribution in [2.24, 2.45) is 4.99 Å². The Balaban J connectivity index is 1.45. The molecule has 0 bridgehead atoms. The van der Waals surface area contributed by atoms with E-state index < -0.39 is 0 Å². The molecule has 5 aromatic rings. The zero-order valence-electron chi connectivity index (χ0n) is 15.9. The molecule has 0 aliphatic carbocycles. The van der Waals surface area contributed by atoms with Crippen LogP contribution >= 0.6 is 11.6 Å². The average Bonchev–Trinajstić information content (AvgIpc) is 3.34. The highest BCUT2D eigenvalue weighted by molar-refractivity contribution is 6.30. The number of aromatic amines is 1. The smallest absolute Gasteiger partial charge is 0.232 e. The monoisotopic (exact) mass is 412 g/mol. The number of anilines is 1. The van der Waals surface area contributed by atoms with Crippen LogP contribution in [-0.2, 0) is 0 Å². The maximum atomic E-state index is 6.13. The van der Waals surface area contributed by atoms with Gasteiger partial charge in [0.25, 0.3) is 0 Å². The van der Waals surface area contributed by atoms with Crippen molar-refractivity contribution in [1.82, 2.24) is 19.5 Å². The highest BCUT2D eigenvalue weighted by Crippen LogP contribution is 2.36. The molecule has 0 radical (unpaired) electrons. The molecule has 0 amide bonds. The van der Waals surface area contributed by atoms with Crippen LogP contribution in [0.5, 0.6) is 0 Å². The minimum Gasteiger partial charge on any atom is -0.324 e. The van der Waals surface area contributed by atoms with Crippen molar-refractivity contribution in [3.63, 3.8) is 0 Å². The van der Waals surface area contributed by atoms with Gasteiger partial charge < -0.3 is 14.9 Å². The second-order valence-electron chi connectivity index (χ2n) is 7.33. The summed E-state index contributed by atoms with van der Waals surface area (Å²) in [4.78, 5) is 17.5. The number of halogens is 1. The molecule has 1 atom stereocenters. The van der Waals surface area contributed by atoms with E-state index in [0.717, 1.165) is 38.5 Å². The van der Waals surface area contributed by atoms with E-state index in [-0.39, 0.29) is 6.04 Å². The summed E-state index contributed by atoms with van der Waals surface area (Å²) in [6.45, 7) is 0. The maximum absolute atomic E-state index is 6.13. The van der Waals surface area contributed by atoms with Gasteiger partial charge >= 0.3 is 0 Å². The van der Waals surface area contributed by atoms with Crippen LogP contribution in [0.3, 0.4) is 0 Å². The third kappa shape index (κ3) is 2.84. The van der Waals surface area contributed by atoms with Gasteiger partial charge in [0.2, 0.25) is 11.9 Å². The molecule has 3 aromatic carbocycles.